The van der Waals surface area contributed by atoms with E-state index in [1.54, 1.807) is 11.3 Å². The topological polar surface area (TPSA) is 53.9 Å². The van der Waals surface area contributed by atoms with Gasteiger partial charge in [0, 0.05) is 24.1 Å². The first-order valence-electron chi connectivity index (χ1n) is 8.68. The fourth-order valence-corrected chi connectivity index (χ4v) is 3.49. The Morgan fingerprint density at radius 2 is 2.22 bits per heavy atom. The van der Waals surface area contributed by atoms with Gasteiger partial charge >= 0.3 is 6.03 Å². The second-order valence-electron chi connectivity index (χ2n) is 6.67. The average Bonchev–Trinajstić information content (AvgIpc) is 3.27. The van der Waals surface area contributed by atoms with Crippen LogP contribution in [0.4, 0.5) is 13.6 Å². The number of urea groups is 1. The average molecular weight is 393 g/mol. The Morgan fingerprint density at radius 1 is 1.41 bits per heavy atom. The van der Waals surface area contributed by atoms with Gasteiger partial charge in [-0.05, 0) is 31.4 Å². The van der Waals surface area contributed by atoms with E-state index in [1.165, 1.54) is 17.0 Å². The molecule has 0 bridgehead atoms. The number of nitrogens with one attached hydrogen (secondary N) is 1. The first-order chi connectivity index (χ1) is 12.9. The second-order valence-corrected chi connectivity index (χ2v) is 7.61. The van der Waals surface area contributed by atoms with Crippen molar-refractivity contribution in [1.82, 2.24) is 10.2 Å². The Kier molecular flexibility index (Phi) is 6.05. The van der Waals surface area contributed by atoms with E-state index in [0.29, 0.717) is 6.42 Å². The quantitative estimate of drug-likeness (QED) is 0.802. The zero-order chi connectivity index (χ0) is 19.4. The zero-order valence-electron chi connectivity index (χ0n) is 15.1. The number of carbonyl (C=O) groups is 1. The van der Waals surface area contributed by atoms with Crippen LogP contribution in [0.5, 0.6) is 0 Å². The lowest BCUT2D eigenvalue weighted by Crippen LogP contribution is -2.45. The largest absolute Gasteiger partial charge is 0.390 e. The van der Waals surface area contributed by atoms with Gasteiger partial charge in [0.15, 0.2) is 6.10 Å². The fraction of sp³-hybridized carbons (Fsp3) is 0.368. The van der Waals surface area contributed by atoms with Crippen LogP contribution in [0.1, 0.15) is 30.7 Å². The lowest BCUT2D eigenvalue weighted by atomic mass is 10.1. The van der Waals surface area contributed by atoms with E-state index in [0.717, 1.165) is 16.7 Å². The number of benzene rings is 1. The maximum atomic E-state index is 14.0. The van der Waals surface area contributed by atoms with Gasteiger partial charge in [0.2, 0.25) is 0 Å². The SMILES string of the molecule is CC(C)NC(=O)N(Cc1ccc(F)cc1F)CC1CC(c2cccs2)=NO1. The number of hydrogen-bond donors (Lipinski definition) is 1. The van der Waals surface area contributed by atoms with Gasteiger partial charge in [0.1, 0.15) is 17.3 Å². The molecule has 5 nitrogen and oxygen atoms in total. The molecule has 144 valence electrons. The Hall–Kier alpha value is -2.48. The molecule has 1 unspecified atom stereocenters. The minimum absolute atomic E-state index is 0.0128. The Balaban J connectivity index is 1.70. The molecule has 1 aliphatic rings. The molecule has 0 fully saturated rings. The van der Waals surface area contributed by atoms with Crippen molar-refractivity contribution < 1.29 is 18.4 Å². The minimum atomic E-state index is -0.680. The van der Waals surface area contributed by atoms with Crippen molar-refractivity contribution in [2.24, 2.45) is 5.16 Å². The predicted octanol–water partition coefficient (Wildman–Crippen LogP) is 4.14. The molecular weight excluding hydrogens is 372 g/mol. The number of amides is 2. The van der Waals surface area contributed by atoms with E-state index in [-0.39, 0.29) is 36.8 Å². The van der Waals surface area contributed by atoms with Crippen LogP contribution in [0.25, 0.3) is 0 Å². The van der Waals surface area contributed by atoms with Crippen molar-refractivity contribution in [3.05, 3.63) is 57.8 Å². The molecule has 1 N–H and O–H groups in total. The van der Waals surface area contributed by atoms with Crippen LogP contribution >= 0.6 is 11.3 Å². The lowest BCUT2D eigenvalue weighted by molar-refractivity contribution is 0.0584. The highest BCUT2D eigenvalue weighted by molar-refractivity contribution is 7.12. The van der Waals surface area contributed by atoms with Crippen molar-refractivity contribution in [2.45, 2.75) is 39.0 Å². The molecule has 0 saturated heterocycles. The highest BCUT2D eigenvalue weighted by Gasteiger charge is 2.28. The van der Waals surface area contributed by atoms with Crippen molar-refractivity contribution in [2.75, 3.05) is 6.54 Å². The van der Waals surface area contributed by atoms with Crippen LogP contribution in [0, 0.1) is 11.6 Å². The molecule has 8 heteroatoms. The van der Waals surface area contributed by atoms with Gasteiger partial charge in [0.05, 0.1) is 18.0 Å². The van der Waals surface area contributed by atoms with E-state index in [9.17, 15) is 13.6 Å². The predicted molar refractivity (Wildman–Crippen MR) is 101 cm³/mol. The molecule has 1 aromatic carbocycles. The third-order valence-corrected chi connectivity index (χ3v) is 4.96. The first kappa shape index (κ1) is 19.3. The summed E-state index contributed by atoms with van der Waals surface area (Å²) in [6.07, 6.45) is 0.251. The maximum absolute atomic E-state index is 14.0. The first-order valence-corrected chi connectivity index (χ1v) is 9.56. The molecule has 1 aromatic heterocycles. The molecule has 2 heterocycles. The molecule has 0 spiro atoms. The van der Waals surface area contributed by atoms with Crippen LogP contribution < -0.4 is 5.32 Å². The molecule has 2 amide bonds. The molecule has 27 heavy (non-hydrogen) atoms. The van der Waals surface area contributed by atoms with Gasteiger partial charge in [0.25, 0.3) is 0 Å². The van der Waals surface area contributed by atoms with Crippen LogP contribution in [0.15, 0.2) is 40.9 Å². The van der Waals surface area contributed by atoms with Gasteiger partial charge in [-0.25, -0.2) is 13.6 Å². The van der Waals surface area contributed by atoms with E-state index in [1.807, 2.05) is 31.4 Å². The number of halogens is 2. The minimum Gasteiger partial charge on any atom is -0.390 e. The summed E-state index contributed by atoms with van der Waals surface area (Å²) in [6, 6.07) is 6.85. The maximum Gasteiger partial charge on any atom is 0.318 e. The van der Waals surface area contributed by atoms with Gasteiger partial charge < -0.3 is 15.1 Å². The van der Waals surface area contributed by atoms with Gasteiger partial charge in [-0.2, -0.15) is 0 Å². The molecular formula is C19H21F2N3O2S. The zero-order valence-corrected chi connectivity index (χ0v) is 15.9. The Morgan fingerprint density at radius 3 is 2.89 bits per heavy atom. The molecule has 0 aliphatic carbocycles. The highest BCUT2D eigenvalue weighted by atomic mass is 32.1. The lowest BCUT2D eigenvalue weighted by Gasteiger charge is -2.26. The molecule has 1 aliphatic heterocycles. The van der Waals surface area contributed by atoms with E-state index in [2.05, 4.69) is 10.5 Å². The third-order valence-electron chi connectivity index (χ3n) is 4.04. The summed E-state index contributed by atoms with van der Waals surface area (Å²) in [5, 5.41) is 8.88. The van der Waals surface area contributed by atoms with E-state index < -0.39 is 11.6 Å². The van der Waals surface area contributed by atoms with Crippen LogP contribution in [-0.4, -0.2) is 35.3 Å². The summed E-state index contributed by atoms with van der Waals surface area (Å²) < 4.78 is 27.2. The van der Waals surface area contributed by atoms with Gasteiger partial charge in [-0.1, -0.05) is 17.3 Å². The van der Waals surface area contributed by atoms with Crippen LogP contribution in [0.3, 0.4) is 0 Å². The smallest absolute Gasteiger partial charge is 0.318 e. The summed E-state index contributed by atoms with van der Waals surface area (Å²) in [4.78, 5) is 20.5. The number of nitrogens with zero attached hydrogens (tertiary/aromatic N) is 2. The summed E-state index contributed by atoms with van der Waals surface area (Å²) in [6.45, 7) is 3.95. The molecule has 2 aromatic rings. The number of carbonyl (C=O) groups excluding carboxylic acids is 1. The summed E-state index contributed by atoms with van der Waals surface area (Å²) in [5.41, 5.74) is 1.08. The monoisotopic (exact) mass is 393 g/mol. The van der Waals surface area contributed by atoms with E-state index in [4.69, 9.17) is 4.84 Å². The molecule has 0 radical (unpaired) electrons. The number of oxime groups is 1. The summed E-state index contributed by atoms with van der Waals surface area (Å²) in [7, 11) is 0. The summed E-state index contributed by atoms with van der Waals surface area (Å²) in [5.74, 6) is -1.33. The van der Waals surface area contributed by atoms with Crippen LogP contribution in [-0.2, 0) is 11.4 Å². The molecule has 1 atom stereocenters. The fourth-order valence-electron chi connectivity index (χ4n) is 2.77. The van der Waals surface area contributed by atoms with Crippen molar-refractivity contribution in [1.29, 1.82) is 0 Å². The van der Waals surface area contributed by atoms with Gasteiger partial charge in [-0.15, -0.1) is 11.3 Å². The normalized spacial score (nSPS) is 16.2. The van der Waals surface area contributed by atoms with Gasteiger partial charge in [-0.3, -0.25) is 0 Å². The van der Waals surface area contributed by atoms with Crippen molar-refractivity contribution in [3.63, 3.8) is 0 Å². The third kappa shape index (κ3) is 5.03. The Labute approximate surface area is 160 Å². The van der Waals surface area contributed by atoms with Crippen LogP contribution in [0.2, 0.25) is 0 Å². The number of thiophene rings is 1. The van der Waals surface area contributed by atoms with Crippen molar-refractivity contribution in [3.8, 4) is 0 Å². The number of hydrogen-bond acceptors (Lipinski definition) is 4. The highest BCUT2D eigenvalue weighted by Crippen LogP contribution is 2.22. The van der Waals surface area contributed by atoms with Crippen molar-refractivity contribution >= 4 is 23.1 Å². The molecule has 0 saturated carbocycles. The number of rotatable bonds is 6. The molecule has 3 rings (SSSR count). The second kappa shape index (κ2) is 8.47. The summed E-state index contributed by atoms with van der Waals surface area (Å²) >= 11 is 1.57. The van der Waals surface area contributed by atoms with E-state index >= 15 is 0 Å². The Bertz CT molecular complexity index is 824. The standard InChI is InChI=1S/C19H21F2N3O2S/c1-12(2)22-19(25)24(10-13-5-6-14(20)8-16(13)21)11-15-9-17(23-26-15)18-4-3-7-27-18/h3-8,12,15H,9-11H2,1-2H3,(H,22,25).